The Morgan fingerprint density at radius 3 is 3.00 bits per heavy atom. The van der Waals surface area contributed by atoms with Gasteiger partial charge < -0.3 is 4.74 Å². The Morgan fingerprint density at radius 1 is 1.57 bits per heavy atom. The van der Waals surface area contributed by atoms with Crippen LogP contribution < -0.4 is 4.74 Å². The standard InChI is InChI=1S/C11H14O2S/c12-7-11-6-10(8-14-11)13-5-4-9-2-1-3-9/h6-9H,1-5H2. The zero-order valence-corrected chi connectivity index (χ0v) is 8.89. The molecule has 0 atom stereocenters. The van der Waals surface area contributed by atoms with Gasteiger partial charge in [0.1, 0.15) is 5.75 Å². The molecule has 0 N–H and O–H groups in total. The van der Waals surface area contributed by atoms with Gasteiger partial charge in [0.15, 0.2) is 6.29 Å². The Bertz CT molecular complexity index is 302. The average molecular weight is 210 g/mol. The minimum absolute atomic E-state index is 0.739. The van der Waals surface area contributed by atoms with Gasteiger partial charge >= 0.3 is 0 Å². The van der Waals surface area contributed by atoms with Crippen molar-refractivity contribution in [2.24, 2.45) is 5.92 Å². The molecule has 1 aromatic heterocycles. The highest BCUT2D eigenvalue weighted by Gasteiger charge is 2.16. The Labute approximate surface area is 87.9 Å². The second kappa shape index (κ2) is 4.60. The first kappa shape index (κ1) is 9.71. The van der Waals surface area contributed by atoms with Crippen molar-refractivity contribution in [3.8, 4) is 5.75 Å². The molecule has 1 heterocycles. The zero-order valence-electron chi connectivity index (χ0n) is 8.07. The smallest absolute Gasteiger partial charge is 0.160 e. The first-order valence-corrected chi connectivity index (χ1v) is 5.93. The highest BCUT2D eigenvalue weighted by atomic mass is 32.1. The third-order valence-corrected chi connectivity index (χ3v) is 3.57. The summed E-state index contributed by atoms with van der Waals surface area (Å²) in [6.45, 7) is 0.791. The summed E-state index contributed by atoms with van der Waals surface area (Å²) in [5.41, 5.74) is 0. The van der Waals surface area contributed by atoms with Crippen molar-refractivity contribution < 1.29 is 9.53 Å². The summed E-state index contributed by atoms with van der Waals surface area (Å²) in [5.74, 6) is 1.73. The summed E-state index contributed by atoms with van der Waals surface area (Å²) in [6, 6.07) is 1.80. The van der Waals surface area contributed by atoms with Crippen molar-refractivity contribution in [1.29, 1.82) is 0 Å². The van der Waals surface area contributed by atoms with Crippen molar-refractivity contribution in [3.05, 3.63) is 16.3 Å². The van der Waals surface area contributed by atoms with Crippen LogP contribution in [0.15, 0.2) is 11.4 Å². The molecule has 0 aromatic carbocycles. The van der Waals surface area contributed by atoms with Gasteiger partial charge in [0.25, 0.3) is 0 Å². The van der Waals surface area contributed by atoms with E-state index in [1.165, 1.54) is 30.6 Å². The molecule has 3 heteroatoms. The monoisotopic (exact) mass is 210 g/mol. The maximum absolute atomic E-state index is 10.4. The number of thiophene rings is 1. The number of aldehydes is 1. The third-order valence-electron chi connectivity index (χ3n) is 2.73. The van der Waals surface area contributed by atoms with Crippen LogP contribution in [-0.2, 0) is 0 Å². The van der Waals surface area contributed by atoms with Crippen molar-refractivity contribution >= 4 is 17.6 Å². The lowest BCUT2D eigenvalue weighted by atomic mass is 9.83. The number of hydrogen-bond donors (Lipinski definition) is 0. The fraction of sp³-hybridized carbons (Fsp3) is 0.545. The second-order valence-corrected chi connectivity index (χ2v) is 4.68. The van der Waals surface area contributed by atoms with Crippen LogP contribution in [0.1, 0.15) is 35.4 Å². The lowest BCUT2D eigenvalue weighted by Gasteiger charge is -2.24. The predicted octanol–water partition coefficient (Wildman–Crippen LogP) is 3.13. The van der Waals surface area contributed by atoms with E-state index < -0.39 is 0 Å². The minimum atomic E-state index is 0.739. The lowest BCUT2D eigenvalue weighted by Crippen LogP contribution is -2.14. The van der Waals surface area contributed by atoms with E-state index in [2.05, 4.69) is 0 Å². The first-order valence-electron chi connectivity index (χ1n) is 5.05. The van der Waals surface area contributed by atoms with E-state index in [4.69, 9.17) is 4.74 Å². The third kappa shape index (κ3) is 2.35. The van der Waals surface area contributed by atoms with Crippen LogP contribution in [0.5, 0.6) is 5.75 Å². The fourth-order valence-corrected chi connectivity index (χ4v) is 2.22. The molecule has 0 bridgehead atoms. The SMILES string of the molecule is O=Cc1cc(OCCC2CCC2)cs1. The van der Waals surface area contributed by atoms with Gasteiger partial charge in [0.2, 0.25) is 0 Å². The molecular formula is C11H14O2S. The van der Waals surface area contributed by atoms with Gasteiger partial charge in [-0.15, -0.1) is 11.3 Å². The van der Waals surface area contributed by atoms with Crippen LogP contribution in [0.4, 0.5) is 0 Å². The quantitative estimate of drug-likeness (QED) is 0.698. The first-order chi connectivity index (χ1) is 6.88. The van der Waals surface area contributed by atoms with Gasteiger partial charge in [-0.05, 0) is 12.3 Å². The molecule has 1 aromatic rings. The Morgan fingerprint density at radius 2 is 2.43 bits per heavy atom. The molecule has 14 heavy (non-hydrogen) atoms. The van der Waals surface area contributed by atoms with Gasteiger partial charge in [0, 0.05) is 11.4 Å². The maximum atomic E-state index is 10.4. The Hall–Kier alpha value is -0.830. The van der Waals surface area contributed by atoms with Gasteiger partial charge in [0.05, 0.1) is 11.5 Å². The van der Waals surface area contributed by atoms with Crippen LogP contribution in [0, 0.1) is 5.92 Å². The molecule has 0 spiro atoms. The summed E-state index contributed by atoms with van der Waals surface area (Å²) in [4.78, 5) is 11.2. The summed E-state index contributed by atoms with van der Waals surface area (Å²) in [7, 11) is 0. The van der Waals surface area contributed by atoms with E-state index in [0.717, 1.165) is 35.9 Å². The van der Waals surface area contributed by atoms with Crippen LogP contribution in [0.3, 0.4) is 0 Å². The molecule has 0 amide bonds. The summed E-state index contributed by atoms with van der Waals surface area (Å²) < 4.78 is 5.55. The van der Waals surface area contributed by atoms with E-state index in [1.807, 2.05) is 5.38 Å². The van der Waals surface area contributed by atoms with E-state index in [0.29, 0.717) is 0 Å². The normalized spacial score (nSPS) is 16.3. The molecule has 1 fully saturated rings. The molecule has 76 valence electrons. The lowest BCUT2D eigenvalue weighted by molar-refractivity contribution is 0.112. The number of ether oxygens (including phenoxy) is 1. The highest BCUT2D eigenvalue weighted by molar-refractivity contribution is 7.11. The Balaban J connectivity index is 1.71. The number of rotatable bonds is 5. The molecule has 0 unspecified atom stereocenters. The summed E-state index contributed by atoms with van der Waals surface area (Å²) in [5, 5.41) is 1.89. The topological polar surface area (TPSA) is 26.3 Å². The molecular weight excluding hydrogens is 196 g/mol. The molecule has 2 nitrogen and oxygen atoms in total. The Kier molecular flexibility index (Phi) is 3.19. The van der Waals surface area contributed by atoms with Crippen LogP contribution >= 0.6 is 11.3 Å². The van der Waals surface area contributed by atoms with Crippen LogP contribution in [0.2, 0.25) is 0 Å². The zero-order chi connectivity index (χ0) is 9.80. The predicted molar refractivity (Wildman–Crippen MR) is 57.2 cm³/mol. The van der Waals surface area contributed by atoms with Gasteiger partial charge in [-0.3, -0.25) is 4.79 Å². The van der Waals surface area contributed by atoms with Crippen molar-refractivity contribution in [2.45, 2.75) is 25.7 Å². The number of carbonyl (C=O) groups excluding carboxylic acids is 1. The second-order valence-electron chi connectivity index (χ2n) is 3.74. The molecule has 2 rings (SSSR count). The van der Waals surface area contributed by atoms with Crippen LogP contribution in [0.25, 0.3) is 0 Å². The van der Waals surface area contributed by atoms with Crippen molar-refractivity contribution in [1.82, 2.24) is 0 Å². The average Bonchev–Trinajstić information content (AvgIpc) is 2.57. The van der Waals surface area contributed by atoms with Crippen molar-refractivity contribution in [2.75, 3.05) is 6.61 Å². The minimum Gasteiger partial charge on any atom is -0.493 e. The van der Waals surface area contributed by atoms with Crippen molar-refractivity contribution in [3.63, 3.8) is 0 Å². The van der Waals surface area contributed by atoms with E-state index in [1.54, 1.807) is 6.07 Å². The molecule has 1 saturated carbocycles. The maximum Gasteiger partial charge on any atom is 0.160 e. The highest BCUT2D eigenvalue weighted by Crippen LogP contribution is 2.29. The molecule has 0 aliphatic heterocycles. The number of carbonyl (C=O) groups is 1. The van der Waals surface area contributed by atoms with Gasteiger partial charge in [-0.2, -0.15) is 0 Å². The largest absolute Gasteiger partial charge is 0.493 e. The van der Waals surface area contributed by atoms with Gasteiger partial charge in [-0.25, -0.2) is 0 Å². The van der Waals surface area contributed by atoms with Crippen LogP contribution in [-0.4, -0.2) is 12.9 Å². The molecule has 0 saturated heterocycles. The van der Waals surface area contributed by atoms with E-state index in [-0.39, 0.29) is 0 Å². The summed E-state index contributed by atoms with van der Waals surface area (Å²) >= 11 is 1.44. The molecule has 1 aliphatic rings. The fourth-order valence-electron chi connectivity index (χ4n) is 1.60. The molecule has 0 radical (unpaired) electrons. The molecule has 1 aliphatic carbocycles. The number of hydrogen-bond acceptors (Lipinski definition) is 3. The summed E-state index contributed by atoms with van der Waals surface area (Å²) in [6.07, 6.45) is 6.15. The van der Waals surface area contributed by atoms with E-state index >= 15 is 0 Å². The van der Waals surface area contributed by atoms with Gasteiger partial charge in [-0.1, -0.05) is 19.3 Å². The van der Waals surface area contributed by atoms with E-state index in [9.17, 15) is 4.79 Å².